The van der Waals surface area contributed by atoms with Gasteiger partial charge >= 0.3 is 5.69 Å². The summed E-state index contributed by atoms with van der Waals surface area (Å²) in [6.45, 7) is 1.00. The quantitative estimate of drug-likeness (QED) is 0.724. The molecule has 0 saturated carbocycles. The third-order valence-electron chi connectivity index (χ3n) is 3.18. The number of rotatable bonds is 2. The lowest BCUT2D eigenvalue weighted by molar-refractivity contribution is 0.266. The van der Waals surface area contributed by atoms with E-state index in [0.29, 0.717) is 5.65 Å². The molecule has 0 radical (unpaired) electrons. The zero-order chi connectivity index (χ0) is 11.8. The van der Waals surface area contributed by atoms with Gasteiger partial charge in [-0.2, -0.15) is 5.10 Å². The lowest BCUT2D eigenvalue weighted by Crippen LogP contribution is -2.32. The number of hydrogen-bond acceptors (Lipinski definition) is 5. The summed E-state index contributed by atoms with van der Waals surface area (Å²) < 4.78 is 1.35. The number of aliphatic hydroxyl groups is 1. The zero-order valence-electron chi connectivity index (χ0n) is 9.20. The van der Waals surface area contributed by atoms with Crippen molar-refractivity contribution in [2.24, 2.45) is 0 Å². The molecule has 1 atom stereocenters. The SMILES string of the molecule is O=c1[nH]nc2cc(N3CCCC3CO)ncn12. The van der Waals surface area contributed by atoms with Crippen molar-refractivity contribution in [2.75, 3.05) is 18.1 Å². The third-order valence-corrected chi connectivity index (χ3v) is 3.18. The predicted octanol–water partition coefficient (Wildman–Crippen LogP) is -0.621. The van der Waals surface area contributed by atoms with E-state index in [0.717, 1.165) is 25.2 Å². The Kier molecular flexibility index (Phi) is 2.32. The van der Waals surface area contributed by atoms with Gasteiger partial charge in [0.15, 0.2) is 5.65 Å². The van der Waals surface area contributed by atoms with Crippen molar-refractivity contribution in [3.05, 3.63) is 22.9 Å². The molecule has 0 aromatic carbocycles. The predicted molar refractivity (Wildman–Crippen MR) is 61.1 cm³/mol. The molecule has 2 aromatic heterocycles. The van der Waals surface area contributed by atoms with Crippen LogP contribution in [0.4, 0.5) is 5.82 Å². The number of anilines is 1. The molecule has 2 N–H and O–H groups in total. The maximum absolute atomic E-state index is 11.3. The minimum absolute atomic E-state index is 0.121. The number of nitrogens with zero attached hydrogens (tertiary/aromatic N) is 4. The molecule has 90 valence electrons. The minimum Gasteiger partial charge on any atom is -0.394 e. The molecule has 0 aliphatic carbocycles. The normalized spacial score (nSPS) is 20.3. The highest BCUT2D eigenvalue weighted by molar-refractivity contribution is 5.51. The molecule has 1 fully saturated rings. The second kappa shape index (κ2) is 3.85. The van der Waals surface area contributed by atoms with Crippen LogP contribution in [-0.4, -0.2) is 43.9 Å². The van der Waals surface area contributed by atoms with Gasteiger partial charge in [-0.3, -0.25) is 0 Å². The highest BCUT2D eigenvalue weighted by Gasteiger charge is 2.25. The molecule has 0 spiro atoms. The summed E-state index contributed by atoms with van der Waals surface area (Å²) in [5.41, 5.74) is 0.253. The van der Waals surface area contributed by atoms with Gasteiger partial charge in [0.25, 0.3) is 0 Å². The molecular weight excluding hydrogens is 222 g/mol. The number of H-pyrrole nitrogens is 1. The highest BCUT2D eigenvalue weighted by atomic mass is 16.3. The van der Waals surface area contributed by atoms with E-state index in [2.05, 4.69) is 20.1 Å². The molecule has 3 rings (SSSR count). The molecule has 7 heteroatoms. The summed E-state index contributed by atoms with van der Waals surface area (Å²) in [6.07, 6.45) is 3.48. The zero-order valence-corrected chi connectivity index (χ0v) is 9.20. The van der Waals surface area contributed by atoms with Crippen LogP contribution >= 0.6 is 0 Å². The molecule has 1 unspecified atom stereocenters. The number of nitrogens with one attached hydrogen (secondary N) is 1. The van der Waals surface area contributed by atoms with Gasteiger partial charge in [-0.05, 0) is 12.8 Å². The van der Waals surface area contributed by atoms with E-state index < -0.39 is 0 Å². The molecule has 0 bridgehead atoms. The van der Waals surface area contributed by atoms with Gasteiger partial charge in [0.2, 0.25) is 0 Å². The first-order valence-corrected chi connectivity index (χ1v) is 5.60. The van der Waals surface area contributed by atoms with E-state index in [1.54, 1.807) is 6.07 Å². The lowest BCUT2D eigenvalue weighted by Gasteiger charge is -2.23. The van der Waals surface area contributed by atoms with Gasteiger partial charge in [-0.15, -0.1) is 0 Å². The molecule has 3 heterocycles. The summed E-state index contributed by atoms with van der Waals surface area (Å²) in [4.78, 5) is 17.6. The molecule has 0 amide bonds. The molecule has 1 aliphatic rings. The number of fused-ring (bicyclic) bond motifs is 1. The number of aromatic amines is 1. The van der Waals surface area contributed by atoms with Crippen LogP contribution in [0.3, 0.4) is 0 Å². The maximum atomic E-state index is 11.3. The van der Waals surface area contributed by atoms with Crippen molar-refractivity contribution < 1.29 is 5.11 Å². The topological polar surface area (TPSA) is 86.5 Å². The van der Waals surface area contributed by atoms with Crippen LogP contribution in [0.25, 0.3) is 5.65 Å². The Bertz CT molecular complexity index is 590. The first kappa shape index (κ1) is 10.3. The van der Waals surface area contributed by atoms with Crippen LogP contribution in [0.15, 0.2) is 17.2 Å². The van der Waals surface area contributed by atoms with Gasteiger partial charge in [0, 0.05) is 12.6 Å². The van der Waals surface area contributed by atoms with Gasteiger partial charge in [-0.25, -0.2) is 19.3 Å². The van der Waals surface area contributed by atoms with Crippen LogP contribution in [-0.2, 0) is 0 Å². The van der Waals surface area contributed by atoms with Crippen molar-refractivity contribution in [3.63, 3.8) is 0 Å². The fourth-order valence-electron chi connectivity index (χ4n) is 2.28. The van der Waals surface area contributed by atoms with Crippen molar-refractivity contribution in [1.29, 1.82) is 0 Å². The summed E-state index contributed by atoms with van der Waals surface area (Å²) >= 11 is 0. The Morgan fingerprint density at radius 2 is 2.47 bits per heavy atom. The maximum Gasteiger partial charge on any atom is 0.348 e. The summed E-state index contributed by atoms with van der Waals surface area (Å²) in [5.74, 6) is 0.757. The monoisotopic (exact) mass is 235 g/mol. The molecule has 17 heavy (non-hydrogen) atoms. The Balaban J connectivity index is 2.03. The molecular formula is C10H13N5O2. The molecule has 7 nitrogen and oxygen atoms in total. The van der Waals surface area contributed by atoms with Crippen molar-refractivity contribution in [2.45, 2.75) is 18.9 Å². The van der Waals surface area contributed by atoms with E-state index in [9.17, 15) is 9.90 Å². The summed E-state index contributed by atoms with van der Waals surface area (Å²) in [7, 11) is 0. The number of hydrogen-bond donors (Lipinski definition) is 2. The Labute approximate surface area is 96.7 Å². The van der Waals surface area contributed by atoms with E-state index in [4.69, 9.17) is 0 Å². The van der Waals surface area contributed by atoms with E-state index >= 15 is 0 Å². The van der Waals surface area contributed by atoms with Gasteiger partial charge in [0.1, 0.15) is 12.1 Å². The fraction of sp³-hybridized carbons (Fsp3) is 0.500. The van der Waals surface area contributed by atoms with Crippen LogP contribution in [0.1, 0.15) is 12.8 Å². The molecule has 2 aromatic rings. The van der Waals surface area contributed by atoms with Crippen LogP contribution in [0.2, 0.25) is 0 Å². The third kappa shape index (κ3) is 1.59. The van der Waals surface area contributed by atoms with Gasteiger partial charge in [0.05, 0.1) is 12.6 Å². The van der Waals surface area contributed by atoms with Crippen molar-refractivity contribution >= 4 is 11.5 Å². The van der Waals surface area contributed by atoms with Crippen LogP contribution in [0, 0.1) is 0 Å². The average molecular weight is 235 g/mol. The standard InChI is InChI=1S/C10H13N5O2/c16-5-7-2-1-3-14(7)8-4-9-12-13-10(17)15(9)6-11-8/h4,6-7,16H,1-3,5H2,(H,13,17). The average Bonchev–Trinajstić information content (AvgIpc) is 2.96. The number of aromatic nitrogens is 4. The smallest absolute Gasteiger partial charge is 0.348 e. The molecule has 1 saturated heterocycles. The fourth-order valence-corrected chi connectivity index (χ4v) is 2.28. The number of aliphatic hydroxyl groups excluding tert-OH is 1. The van der Waals surface area contributed by atoms with Gasteiger partial charge in [-0.1, -0.05) is 0 Å². The van der Waals surface area contributed by atoms with E-state index in [1.807, 2.05) is 0 Å². The largest absolute Gasteiger partial charge is 0.394 e. The summed E-state index contributed by atoms with van der Waals surface area (Å²) in [6, 6.07) is 1.88. The molecule has 1 aliphatic heterocycles. The van der Waals surface area contributed by atoms with Crippen LogP contribution in [0.5, 0.6) is 0 Å². The second-order valence-electron chi connectivity index (χ2n) is 4.18. The van der Waals surface area contributed by atoms with Crippen molar-refractivity contribution in [3.8, 4) is 0 Å². The van der Waals surface area contributed by atoms with Gasteiger partial charge < -0.3 is 10.0 Å². The van der Waals surface area contributed by atoms with Crippen molar-refractivity contribution in [1.82, 2.24) is 19.6 Å². The second-order valence-corrected chi connectivity index (χ2v) is 4.18. The first-order chi connectivity index (χ1) is 8.29. The Hall–Kier alpha value is -1.89. The minimum atomic E-state index is -0.292. The van der Waals surface area contributed by atoms with E-state index in [1.165, 1.54) is 10.7 Å². The Morgan fingerprint density at radius 1 is 1.59 bits per heavy atom. The van der Waals surface area contributed by atoms with E-state index in [-0.39, 0.29) is 18.3 Å². The lowest BCUT2D eigenvalue weighted by atomic mass is 10.2. The Morgan fingerprint density at radius 3 is 3.29 bits per heavy atom. The summed E-state index contributed by atoms with van der Waals surface area (Å²) in [5, 5.41) is 15.5. The first-order valence-electron chi connectivity index (χ1n) is 5.60. The highest BCUT2D eigenvalue weighted by Crippen LogP contribution is 2.23. The van der Waals surface area contributed by atoms with Crippen LogP contribution < -0.4 is 10.6 Å².